The smallest absolute Gasteiger partial charge is 0.301 e. The molecule has 0 radical (unpaired) electrons. The first kappa shape index (κ1) is 25.5. The van der Waals surface area contributed by atoms with E-state index in [1.165, 1.54) is 23.3 Å². The molecule has 0 spiro atoms. The molecule has 0 bridgehead atoms. The van der Waals surface area contributed by atoms with Crippen molar-refractivity contribution in [1.82, 2.24) is 10.2 Å². The van der Waals surface area contributed by atoms with Crippen molar-refractivity contribution in [2.24, 2.45) is 0 Å². The Morgan fingerprint density at radius 3 is 2.61 bits per heavy atom. The molecule has 11 heteroatoms. The predicted molar refractivity (Wildman–Crippen MR) is 140 cm³/mol. The summed E-state index contributed by atoms with van der Waals surface area (Å²) in [6, 6.07) is 9.08. The minimum atomic E-state index is -0.978. The van der Waals surface area contributed by atoms with E-state index in [9.17, 15) is 14.7 Å². The van der Waals surface area contributed by atoms with Crippen molar-refractivity contribution in [3.63, 3.8) is 0 Å². The summed E-state index contributed by atoms with van der Waals surface area (Å²) < 4.78 is 22.6. The van der Waals surface area contributed by atoms with Crippen molar-refractivity contribution >= 4 is 33.9 Å². The van der Waals surface area contributed by atoms with E-state index in [1.807, 2.05) is 0 Å². The summed E-state index contributed by atoms with van der Waals surface area (Å²) in [5.74, 6) is -0.0166. The number of ketones is 1. The molecule has 10 nitrogen and oxygen atoms in total. The van der Waals surface area contributed by atoms with Crippen molar-refractivity contribution < 1.29 is 33.6 Å². The molecule has 3 aromatic rings. The SMILES string of the molecule is CCCCOc1ccc(C2C(=C(O)c3ccc4c(c3)OCCO4)C(=O)C(=O)N2c2nnc(C)s2)cc1OC. The molecule has 3 heterocycles. The summed E-state index contributed by atoms with van der Waals surface area (Å²) in [5, 5.41) is 20.5. The van der Waals surface area contributed by atoms with Gasteiger partial charge in [0, 0.05) is 5.56 Å². The molecular weight excluding hydrogens is 510 g/mol. The van der Waals surface area contributed by atoms with Gasteiger partial charge in [-0.3, -0.25) is 14.5 Å². The number of aliphatic hydroxyl groups is 1. The number of hydrogen-bond donors (Lipinski definition) is 1. The first-order valence-corrected chi connectivity index (χ1v) is 13.1. The van der Waals surface area contributed by atoms with Crippen LogP contribution in [0.15, 0.2) is 42.0 Å². The molecule has 1 atom stereocenters. The molecule has 1 fully saturated rings. The van der Waals surface area contributed by atoms with Gasteiger partial charge in [0.05, 0.1) is 25.3 Å². The summed E-state index contributed by atoms with van der Waals surface area (Å²) in [6.45, 7) is 5.14. The summed E-state index contributed by atoms with van der Waals surface area (Å²) >= 11 is 1.18. The van der Waals surface area contributed by atoms with E-state index in [4.69, 9.17) is 18.9 Å². The number of anilines is 1. The number of unbranched alkanes of at least 4 members (excludes halogenated alkanes) is 1. The van der Waals surface area contributed by atoms with Crippen LogP contribution in [0, 0.1) is 6.92 Å². The van der Waals surface area contributed by atoms with Crippen molar-refractivity contribution in [3.8, 4) is 23.0 Å². The van der Waals surface area contributed by atoms with Crippen LogP contribution in [0.5, 0.6) is 23.0 Å². The van der Waals surface area contributed by atoms with Crippen LogP contribution in [0.25, 0.3) is 5.76 Å². The number of fused-ring (bicyclic) bond motifs is 1. The number of ether oxygens (including phenoxy) is 4. The molecule has 0 aliphatic carbocycles. The summed E-state index contributed by atoms with van der Waals surface area (Å²) in [4.78, 5) is 28.0. The van der Waals surface area contributed by atoms with Crippen LogP contribution in [0.2, 0.25) is 0 Å². The third-order valence-corrected chi connectivity index (χ3v) is 7.08. The number of carbonyl (C=O) groups is 2. The maximum Gasteiger partial charge on any atom is 0.301 e. The van der Waals surface area contributed by atoms with Gasteiger partial charge in [-0.1, -0.05) is 30.7 Å². The lowest BCUT2D eigenvalue weighted by atomic mass is 9.95. The number of aryl methyl sites for hydroxylation is 1. The maximum atomic E-state index is 13.4. The van der Waals surface area contributed by atoms with Crippen molar-refractivity contribution in [2.75, 3.05) is 31.8 Å². The Morgan fingerprint density at radius 1 is 1.11 bits per heavy atom. The summed E-state index contributed by atoms with van der Waals surface area (Å²) in [5.41, 5.74) is 0.772. The lowest BCUT2D eigenvalue weighted by molar-refractivity contribution is -0.132. The molecule has 1 unspecified atom stereocenters. The average molecular weight is 538 g/mol. The Bertz CT molecular complexity index is 1420. The monoisotopic (exact) mass is 537 g/mol. The Kier molecular flexibility index (Phi) is 7.19. The fourth-order valence-corrected chi connectivity index (χ4v) is 5.09. The number of rotatable bonds is 8. The molecule has 1 saturated heterocycles. The molecule has 5 rings (SSSR count). The lowest BCUT2D eigenvalue weighted by Crippen LogP contribution is -2.29. The number of amides is 1. The van der Waals surface area contributed by atoms with Crippen molar-refractivity contribution in [2.45, 2.75) is 32.7 Å². The molecule has 2 aromatic carbocycles. The van der Waals surface area contributed by atoms with E-state index in [1.54, 1.807) is 43.3 Å². The maximum absolute atomic E-state index is 13.4. The van der Waals surface area contributed by atoms with Gasteiger partial charge < -0.3 is 24.1 Å². The van der Waals surface area contributed by atoms with Crippen LogP contribution in [-0.4, -0.2) is 53.9 Å². The van der Waals surface area contributed by atoms with Crippen LogP contribution in [0.1, 0.15) is 41.9 Å². The number of aliphatic hydroxyl groups excluding tert-OH is 1. The molecular formula is C27H27N3O7S. The van der Waals surface area contributed by atoms with Gasteiger partial charge >= 0.3 is 5.91 Å². The van der Waals surface area contributed by atoms with Gasteiger partial charge in [-0.2, -0.15) is 0 Å². The van der Waals surface area contributed by atoms with Gasteiger partial charge in [-0.25, -0.2) is 0 Å². The number of carbonyl (C=O) groups excluding carboxylic acids is 2. The van der Waals surface area contributed by atoms with Gasteiger partial charge in [0.25, 0.3) is 5.78 Å². The second kappa shape index (κ2) is 10.7. The summed E-state index contributed by atoms with van der Waals surface area (Å²) in [7, 11) is 1.52. The number of nitrogens with zero attached hydrogens (tertiary/aromatic N) is 3. The number of hydrogen-bond acceptors (Lipinski definition) is 10. The van der Waals surface area contributed by atoms with E-state index < -0.39 is 17.7 Å². The fraction of sp³-hybridized carbons (Fsp3) is 0.333. The lowest BCUT2D eigenvalue weighted by Gasteiger charge is -2.24. The topological polar surface area (TPSA) is 120 Å². The highest BCUT2D eigenvalue weighted by atomic mass is 32.1. The van der Waals surface area contributed by atoms with Gasteiger partial charge in [-0.15, -0.1) is 10.2 Å². The van der Waals surface area contributed by atoms with Gasteiger partial charge in [0.2, 0.25) is 5.13 Å². The Balaban J connectivity index is 1.64. The number of aromatic nitrogens is 2. The van der Waals surface area contributed by atoms with Gasteiger partial charge in [0.1, 0.15) is 24.0 Å². The molecule has 1 amide bonds. The van der Waals surface area contributed by atoms with Crippen LogP contribution in [-0.2, 0) is 9.59 Å². The molecule has 1 aromatic heterocycles. The van der Waals surface area contributed by atoms with Crippen LogP contribution >= 0.6 is 11.3 Å². The number of benzene rings is 2. The zero-order valence-electron chi connectivity index (χ0n) is 21.2. The van der Waals surface area contributed by atoms with Crippen molar-refractivity contribution in [3.05, 3.63) is 58.1 Å². The van der Waals surface area contributed by atoms with Gasteiger partial charge in [0.15, 0.2) is 23.0 Å². The molecule has 198 valence electrons. The van der Waals surface area contributed by atoms with Crippen LogP contribution in [0.3, 0.4) is 0 Å². The predicted octanol–water partition coefficient (Wildman–Crippen LogP) is 4.43. The zero-order valence-corrected chi connectivity index (χ0v) is 22.0. The Morgan fingerprint density at radius 2 is 1.89 bits per heavy atom. The molecule has 0 saturated carbocycles. The third-order valence-electron chi connectivity index (χ3n) is 6.24. The Hall–Kier alpha value is -4.12. The Labute approximate surface area is 223 Å². The first-order valence-electron chi connectivity index (χ1n) is 12.2. The van der Waals surface area contributed by atoms with E-state index in [-0.39, 0.29) is 16.5 Å². The standard InChI is InChI=1S/C27H27N3O7S/c1-4-5-10-35-18-8-6-16(13-20(18)34-3)23-22(25(32)26(33)30(23)27-29-28-15(2)38-27)24(31)17-7-9-19-21(14-17)37-12-11-36-19/h6-9,13-14,23,31H,4-5,10-12H2,1-3H3. The highest BCUT2D eigenvalue weighted by Crippen LogP contribution is 2.45. The number of methoxy groups -OCH3 is 1. The van der Waals surface area contributed by atoms with E-state index in [0.29, 0.717) is 59.0 Å². The minimum Gasteiger partial charge on any atom is -0.507 e. The molecule has 38 heavy (non-hydrogen) atoms. The normalized spacial score (nSPS) is 18.1. The fourth-order valence-electron chi connectivity index (χ4n) is 4.37. The summed E-state index contributed by atoms with van der Waals surface area (Å²) in [6.07, 6.45) is 1.87. The van der Waals surface area contributed by atoms with Crippen LogP contribution < -0.4 is 23.8 Å². The van der Waals surface area contributed by atoms with E-state index in [0.717, 1.165) is 12.8 Å². The molecule has 2 aliphatic rings. The van der Waals surface area contributed by atoms with E-state index in [2.05, 4.69) is 17.1 Å². The quantitative estimate of drug-likeness (QED) is 0.192. The second-order valence-corrected chi connectivity index (χ2v) is 9.90. The van der Waals surface area contributed by atoms with Crippen LogP contribution in [0.4, 0.5) is 5.13 Å². The first-order chi connectivity index (χ1) is 18.4. The highest BCUT2D eigenvalue weighted by molar-refractivity contribution is 7.15. The minimum absolute atomic E-state index is 0.0822. The molecule has 2 aliphatic heterocycles. The van der Waals surface area contributed by atoms with E-state index >= 15 is 0 Å². The third kappa shape index (κ3) is 4.65. The zero-order chi connectivity index (χ0) is 26.8. The number of Topliss-reactive ketones (excluding diaryl/α,β-unsaturated/α-hetero) is 1. The van der Waals surface area contributed by atoms with Crippen molar-refractivity contribution in [1.29, 1.82) is 0 Å². The largest absolute Gasteiger partial charge is 0.507 e. The molecule has 1 N–H and O–H groups in total. The second-order valence-electron chi connectivity index (χ2n) is 8.74. The highest BCUT2D eigenvalue weighted by Gasteiger charge is 2.48. The average Bonchev–Trinajstić information content (AvgIpc) is 3.48. The van der Waals surface area contributed by atoms with Gasteiger partial charge in [-0.05, 0) is 49.2 Å².